The van der Waals surface area contributed by atoms with Crippen LogP contribution in [0.5, 0.6) is 5.75 Å². The van der Waals surface area contributed by atoms with Crippen LogP contribution in [0.25, 0.3) is 27.8 Å². The van der Waals surface area contributed by atoms with Crippen molar-refractivity contribution in [3.05, 3.63) is 103 Å². The predicted octanol–water partition coefficient (Wildman–Crippen LogP) is 3.82. The molecule has 0 saturated carbocycles. The maximum Gasteiger partial charge on any atom is 0.342 e. The molecule has 0 aliphatic carbocycles. The van der Waals surface area contributed by atoms with Crippen molar-refractivity contribution in [3.63, 3.8) is 0 Å². The first-order valence-electron chi connectivity index (χ1n) is 11.0. The molecule has 0 radical (unpaired) electrons. The lowest BCUT2D eigenvalue weighted by Crippen LogP contribution is -2.34. The van der Waals surface area contributed by atoms with Gasteiger partial charge < -0.3 is 5.11 Å². The average Bonchev–Trinajstić information content (AvgIpc) is 3.34. The summed E-state index contributed by atoms with van der Waals surface area (Å²) in [6, 6.07) is 30.6. The number of hydrogen-bond acceptors (Lipinski definition) is 5. The lowest BCUT2D eigenvalue weighted by molar-refractivity contribution is -0.625. The van der Waals surface area contributed by atoms with Gasteiger partial charge in [-0.3, -0.25) is 4.79 Å². The minimum Gasteiger partial charge on any atom is -0.872 e. The third-order valence-corrected chi connectivity index (χ3v) is 6.32. The number of carbonyl (C=O) groups is 1. The summed E-state index contributed by atoms with van der Waals surface area (Å²) in [5.41, 5.74) is 4.87. The largest absolute Gasteiger partial charge is 0.872 e. The van der Waals surface area contributed by atoms with Crippen LogP contribution in [0.4, 0.5) is 0 Å². The van der Waals surface area contributed by atoms with Gasteiger partial charge >= 0.3 is 5.16 Å². The number of thioether (sulfide) groups is 1. The Balaban J connectivity index is 1.32. The number of para-hydroxylation sites is 1. The zero-order valence-electron chi connectivity index (χ0n) is 18.6. The molecule has 5 rings (SSSR count). The van der Waals surface area contributed by atoms with Crippen molar-refractivity contribution in [2.24, 2.45) is 5.10 Å². The maximum absolute atomic E-state index is 12.5. The quantitative estimate of drug-likeness (QED) is 0.161. The van der Waals surface area contributed by atoms with E-state index in [-0.39, 0.29) is 17.4 Å². The van der Waals surface area contributed by atoms with Gasteiger partial charge in [0.2, 0.25) is 0 Å². The number of benzene rings is 4. The van der Waals surface area contributed by atoms with E-state index in [1.165, 1.54) is 24.0 Å². The molecule has 0 unspecified atom stereocenters. The molecule has 7 nitrogen and oxygen atoms in total. The van der Waals surface area contributed by atoms with Gasteiger partial charge in [0.05, 0.1) is 22.6 Å². The Morgan fingerprint density at radius 1 is 0.971 bits per heavy atom. The number of carbonyl (C=O) groups excluding carboxylic acids is 1. The average molecular weight is 480 g/mol. The topological polar surface area (TPSA) is 97.1 Å². The molecule has 0 saturated heterocycles. The highest BCUT2D eigenvalue weighted by atomic mass is 32.2. The molecule has 0 atom stereocenters. The highest BCUT2D eigenvalue weighted by Gasteiger charge is 2.24. The van der Waals surface area contributed by atoms with Gasteiger partial charge in [0.15, 0.2) is 0 Å². The normalized spacial score (nSPS) is 11.2. The molecule has 0 fully saturated rings. The number of amides is 1. The molecular formula is C27H21N5O2S. The Bertz CT molecular complexity index is 1500. The lowest BCUT2D eigenvalue weighted by atomic mass is 10.0. The number of hydrogen-bond donors (Lipinski definition) is 2. The molecule has 2 N–H and O–H groups in total. The summed E-state index contributed by atoms with van der Waals surface area (Å²) in [4.78, 5) is 12.5. The Hall–Kier alpha value is -4.43. The maximum atomic E-state index is 12.5. The fourth-order valence-electron chi connectivity index (χ4n) is 3.74. The summed E-state index contributed by atoms with van der Waals surface area (Å²) >= 11 is 1.29. The molecule has 5 aromatic rings. The molecule has 0 aliphatic heterocycles. The number of H-pyrrole nitrogens is 1. The van der Waals surface area contributed by atoms with Gasteiger partial charge in [-0.1, -0.05) is 78.5 Å². The summed E-state index contributed by atoms with van der Waals surface area (Å²) in [6.45, 7) is 0. The number of hydrazone groups is 1. The van der Waals surface area contributed by atoms with Crippen LogP contribution in [0.1, 0.15) is 5.56 Å². The highest BCUT2D eigenvalue weighted by molar-refractivity contribution is 7.99. The van der Waals surface area contributed by atoms with Crippen LogP contribution in [-0.4, -0.2) is 28.1 Å². The van der Waals surface area contributed by atoms with E-state index in [0.717, 1.165) is 27.8 Å². The Labute approximate surface area is 206 Å². The van der Waals surface area contributed by atoms with E-state index in [1.54, 1.807) is 6.07 Å². The van der Waals surface area contributed by atoms with Crippen molar-refractivity contribution in [1.82, 2.24) is 15.6 Å². The number of aromatic amines is 1. The van der Waals surface area contributed by atoms with Crippen molar-refractivity contribution >= 4 is 34.7 Å². The molecule has 0 spiro atoms. The number of nitrogens with one attached hydrogen (secondary N) is 2. The second kappa shape index (κ2) is 10.2. The van der Waals surface area contributed by atoms with Crippen molar-refractivity contribution in [2.45, 2.75) is 5.16 Å². The highest BCUT2D eigenvalue weighted by Crippen LogP contribution is 2.24. The molecule has 4 aromatic carbocycles. The van der Waals surface area contributed by atoms with Crippen LogP contribution in [-0.2, 0) is 4.79 Å². The number of aromatic nitrogens is 3. The van der Waals surface area contributed by atoms with Crippen LogP contribution in [0.2, 0.25) is 0 Å². The van der Waals surface area contributed by atoms with E-state index < -0.39 is 0 Å². The summed E-state index contributed by atoms with van der Waals surface area (Å²) in [5, 5.41) is 26.2. The van der Waals surface area contributed by atoms with Crippen molar-refractivity contribution < 1.29 is 14.5 Å². The Kier molecular flexibility index (Phi) is 6.54. The van der Waals surface area contributed by atoms with Crippen molar-refractivity contribution in [3.8, 4) is 22.8 Å². The van der Waals surface area contributed by atoms with E-state index >= 15 is 0 Å². The summed E-state index contributed by atoms with van der Waals surface area (Å²) in [5.74, 6) is 0.465. The van der Waals surface area contributed by atoms with Gasteiger partial charge in [0, 0.05) is 0 Å². The molecule has 0 bridgehead atoms. The summed E-state index contributed by atoms with van der Waals surface area (Å²) in [7, 11) is 0. The van der Waals surface area contributed by atoms with E-state index in [0.29, 0.717) is 10.7 Å². The van der Waals surface area contributed by atoms with Crippen molar-refractivity contribution in [1.29, 1.82) is 0 Å². The molecule has 8 heteroatoms. The first-order valence-corrected chi connectivity index (χ1v) is 11.9. The first-order chi connectivity index (χ1) is 17.2. The standard InChI is InChI=1S/C27H21N5O2S/c33-24-16-15-19-9-7-8-14-22(19)23(24)17-28-29-25(34)18-35-27-31-30-26(20-10-3-1-4-11-20)32(27)21-12-5-2-6-13-21/h1-17H,18H2,(H2,28,29,33,34). The van der Waals surface area contributed by atoms with Gasteiger partial charge in [-0.15, -0.1) is 5.10 Å². The molecule has 35 heavy (non-hydrogen) atoms. The van der Waals surface area contributed by atoms with Crippen LogP contribution < -0.4 is 15.1 Å². The fraction of sp³-hybridized carbons (Fsp3) is 0.0370. The molecule has 172 valence electrons. The van der Waals surface area contributed by atoms with E-state index in [4.69, 9.17) is 0 Å². The van der Waals surface area contributed by atoms with Gasteiger partial charge in [0.1, 0.15) is 5.69 Å². The summed E-state index contributed by atoms with van der Waals surface area (Å²) in [6.07, 6.45) is 1.40. The third-order valence-electron chi connectivity index (χ3n) is 5.38. The minimum absolute atomic E-state index is 0.100. The van der Waals surface area contributed by atoms with E-state index in [1.807, 2.05) is 89.5 Å². The SMILES string of the molecule is O=C(CSc1n[nH]c(-c2ccccc2)[n+]1-c1ccccc1)NN=Cc1c([O-])ccc2ccccc12. The van der Waals surface area contributed by atoms with Gasteiger partial charge in [-0.25, -0.2) is 5.43 Å². The first kappa shape index (κ1) is 22.4. The second-order valence-corrected chi connectivity index (χ2v) is 8.61. The van der Waals surface area contributed by atoms with E-state index in [2.05, 4.69) is 20.7 Å². The number of rotatable bonds is 7. The summed E-state index contributed by atoms with van der Waals surface area (Å²) < 4.78 is 1.98. The van der Waals surface area contributed by atoms with Gasteiger partial charge in [-0.2, -0.15) is 9.67 Å². The number of fused-ring (bicyclic) bond motifs is 1. The smallest absolute Gasteiger partial charge is 0.342 e. The zero-order valence-corrected chi connectivity index (χ0v) is 19.4. The van der Waals surface area contributed by atoms with Gasteiger partial charge in [-0.05, 0) is 52.4 Å². The number of nitrogens with zero attached hydrogens (tertiary/aromatic N) is 3. The third kappa shape index (κ3) is 4.92. The Morgan fingerprint density at radius 2 is 1.69 bits per heavy atom. The fourth-order valence-corrected chi connectivity index (χ4v) is 4.50. The Morgan fingerprint density at radius 3 is 2.49 bits per heavy atom. The lowest BCUT2D eigenvalue weighted by Gasteiger charge is -2.12. The molecule has 1 aromatic heterocycles. The minimum atomic E-state index is -0.303. The molecule has 0 aliphatic rings. The second-order valence-electron chi connectivity index (χ2n) is 7.67. The van der Waals surface area contributed by atoms with E-state index in [9.17, 15) is 9.90 Å². The van der Waals surface area contributed by atoms with Crippen LogP contribution >= 0.6 is 11.8 Å². The molecular weight excluding hydrogens is 458 g/mol. The van der Waals surface area contributed by atoms with Crippen LogP contribution in [0.15, 0.2) is 107 Å². The van der Waals surface area contributed by atoms with Crippen LogP contribution in [0, 0.1) is 0 Å². The van der Waals surface area contributed by atoms with Crippen LogP contribution in [0.3, 0.4) is 0 Å². The van der Waals surface area contributed by atoms with Crippen molar-refractivity contribution in [2.75, 3.05) is 5.75 Å². The monoisotopic (exact) mass is 479 g/mol. The molecule has 1 amide bonds. The molecule has 1 heterocycles. The zero-order chi connectivity index (χ0) is 24.0. The van der Waals surface area contributed by atoms with Gasteiger partial charge in [0.25, 0.3) is 11.7 Å². The predicted molar refractivity (Wildman–Crippen MR) is 135 cm³/mol.